The molecule has 0 spiro atoms. The van der Waals surface area contributed by atoms with Crippen LogP contribution in [-0.4, -0.2) is 11.2 Å². The van der Waals surface area contributed by atoms with Gasteiger partial charge in [0.1, 0.15) is 28.9 Å². The number of aromatic nitrogens is 1. The molecule has 1 heterocycles. The van der Waals surface area contributed by atoms with E-state index in [1.54, 1.807) is 11.8 Å². The van der Waals surface area contributed by atoms with Crippen LogP contribution in [0.4, 0.5) is 5.82 Å². The van der Waals surface area contributed by atoms with Gasteiger partial charge in [-0.1, -0.05) is 30.3 Å². The Labute approximate surface area is 180 Å². The Bertz CT molecular complexity index is 1200. The van der Waals surface area contributed by atoms with Gasteiger partial charge in [-0.2, -0.15) is 5.26 Å². The van der Waals surface area contributed by atoms with Crippen LogP contribution in [0.2, 0.25) is 0 Å². The number of hydrogen-bond acceptors (Lipinski definition) is 5. The summed E-state index contributed by atoms with van der Waals surface area (Å²) in [7, 11) is 0. The Morgan fingerprint density at radius 1 is 0.867 bits per heavy atom. The van der Waals surface area contributed by atoms with Crippen molar-refractivity contribution in [3.8, 4) is 40.0 Å². The molecule has 0 bridgehead atoms. The van der Waals surface area contributed by atoms with Crippen molar-refractivity contribution in [2.24, 2.45) is 0 Å². The highest BCUT2D eigenvalue weighted by molar-refractivity contribution is 7.98. The smallest absolute Gasteiger partial charge is 0.142 e. The Hall–Kier alpha value is -3.75. The molecule has 146 valence electrons. The second kappa shape index (κ2) is 8.73. The molecule has 0 atom stereocenters. The molecular weight excluding hydrogens is 390 g/mol. The van der Waals surface area contributed by atoms with Crippen molar-refractivity contribution < 1.29 is 4.74 Å². The van der Waals surface area contributed by atoms with E-state index in [-0.39, 0.29) is 5.82 Å². The third-order valence-electron chi connectivity index (χ3n) is 4.69. The Balaban J connectivity index is 1.69. The first-order chi connectivity index (χ1) is 14.7. The predicted octanol–water partition coefficient (Wildman–Crippen LogP) is 6.38. The Morgan fingerprint density at radius 3 is 2.13 bits per heavy atom. The van der Waals surface area contributed by atoms with Crippen LogP contribution in [0.3, 0.4) is 0 Å². The van der Waals surface area contributed by atoms with Gasteiger partial charge in [-0.15, -0.1) is 11.8 Å². The summed E-state index contributed by atoms with van der Waals surface area (Å²) in [5, 5.41) is 9.61. The maximum Gasteiger partial charge on any atom is 0.142 e. The summed E-state index contributed by atoms with van der Waals surface area (Å²) < 4.78 is 5.85. The zero-order chi connectivity index (χ0) is 20.9. The van der Waals surface area contributed by atoms with Crippen LogP contribution < -0.4 is 10.5 Å². The number of nitrogen functional groups attached to an aromatic ring is 1. The van der Waals surface area contributed by atoms with E-state index in [4.69, 9.17) is 10.5 Å². The molecule has 2 N–H and O–H groups in total. The lowest BCUT2D eigenvalue weighted by Crippen LogP contribution is -1.99. The number of anilines is 1. The minimum Gasteiger partial charge on any atom is -0.457 e. The van der Waals surface area contributed by atoms with Gasteiger partial charge in [0.2, 0.25) is 0 Å². The molecule has 0 saturated carbocycles. The number of nitrogens with two attached hydrogens (primary N) is 1. The van der Waals surface area contributed by atoms with Gasteiger partial charge in [0.15, 0.2) is 0 Å². The molecule has 0 aliphatic carbocycles. The fourth-order valence-electron chi connectivity index (χ4n) is 3.15. The highest BCUT2D eigenvalue weighted by Crippen LogP contribution is 2.33. The van der Waals surface area contributed by atoms with Gasteiger partial charge in [-0.25, -0.2) is 4.98 Å². The Morgan fingerprint density at radius 2 is 1.50 bits per heavy atom. The minimum absolute atomic E-state index is 0.226. The van der Waals surface area contributed by atoms with Crippen LogP contribution >= 0.6 is 11.8 Å². The summed E-state index contributed by atoms with van der Waals surface area (Å²) >= 11 is 1.67. The number of nitrogens with zero attached hydrogens (tertiary/aromatic N) is 2. The van der Waals surface area contributed by atoms with Crippen molar-refractivity contribution in [2.75, 3.05) is 12.0 Å². The topological polar surface area (TPSA) is 71.9 Å². The highest BCUT2D eigenvalue weighted by atomic mass is 32.2. The largest absolute Gasteiger partial charge is 0.457 e. The molecule has 3 aromatic carbocycles. The van der Waals surface area contributed by atoms with E-state index >= 15 is 0 Å². The summed E-state index contributed by atoms with van der Waals surface area (Å²) in [6.45, 7) is 0. The predicted molar refractivity (Wildman–Crippen MR) is 123 cm³/mol. The first-order valence-corrected chi connectivity index (χ1v) is 10.6. The van der Waals surface area contributed by atoms with E-state index in [0.29, 0.717) is 11.3 Å². The van der Waals surface area contributed by atoms with Crippen molar-refractivity contribution in [3.05, 3.63) is 90.5 Å². The number of para-hydroxylation sites is 1. The number of hydrogen-bond donors (Lipinski definition) is 1. The molecule has 0 saturated heterocycles. The third-order valence-corrected chi connectivity index (χ3v) is 5.43. The lowest BCUT2D eigenvalue weighted by atomic mass is 9.98. The summed E-state index contributed by atoms with van der Waals surface area (Å²) in [5.74, 6) is 1.74. The molecule has 0 unspecified atom stereocenters. The molecule has 0 amide bonds. The van der Waals surface area contributed by atoms with Gasteiger partial charge < -0.3 is 10.5 Å². The summed E-state index contributed by atoms with van der Waals surface area (Å²) in [5.41, 5.74) is 9.84. The molecule has 1 aromatic heterocycles. The number of ether oxygens (including phenoxy) is 1. The van der Waals surface area contributed by atoms with Crippen LogP contribution in [0, 0.1) is 11.3 Å². The quantitative estimate of drug-likeness (QED) is 0.387. The van der Waals surface area contributed by atoms with Crippen LogP contribution in [0.25, 0.3) is 22.4 Å². The zero-order valence-corrected chi connectivity index (χ0v) is 17.2. The van der Waals surface area contributed by atoms with Crippen molar-refractivity contribution in [1.82, 2.24) is 4.98 Å². The molecular formula is C25H19N3OS. The number of nitriles is 1. The third kappa shape index (κ3) is 4.14. The first-order valence-electron chi connectivity index (χ1n) is 9.36. The lowest BCUT2D eigenvalue weighted by Gasteiger charge is -2.11. The molecule has 0 radical (unpaired) electrons. The van der Waals surface area contributed by atoms with E-state index in [0.717, 1.165) is 33.1 Å². The molecule has 0 aliphatic rings. The van der Waals surface area contributed by atoms with E-state index in [9.17, 15) is 5.26 Å². The van der Waals surface area contributed by atoms with Gasteiger partial charge in [-0.05, 0) is 66.4 Å². The van der Waals surface area contributed by atoms with Crippen molar-refractivity contribution in [1.29, 1.82) is 5.26 Å². The zero-order valence-electron chi connectivity index (χ0n) is 16.4. The second-order valence-electron chi connectivity index (χ2n) is 6.60. The van der Waals surface area contributed by atoms with Gasteiger partial charge in [0.05, 0.1) is 5.69 Å². The standard InChI is InChI=1S/C25H19N3OS/c1-30-21-13-9-17(10-14-21)22-15-24(28-25(27)23(22)16-26)18-7-11-20(12-8-18)29-19-5-3-2-4-6-19/h2-15H,1H3,(H2,27,28). The SMILES string of the molecule is CSc1ccc(-c2cc(-c3ccc(Oc4ccccc4)cc3)nc(N)c2C#N)cc1. The number of pyridine rings is 1. The molecule has 30 heavy (non-hydrogen) atoms. The van der Waals surface area contributed by atoms with Crippen LogP contribution in [-0.2, 0) is 0 Å². The minimum atomic E-state index is 0.226. The van der Waals surface area contributed by atoms with E-state index < -0.39 is 0 Å². The van der Waals surface area contributed by atoms with Gasteiger partial charge in [-0.3, -0.25) is 0 Å². The fourth-order valence-corrected chi connectivity index (χ4v) is 3.56. The van der Waals surface area contributed by atoms with Gasteiger partial charge >= 0.3 is 0 Å². The summed E-state index contributed by atoms with van der Waals surface area (Å²) in [6, 6.07) is 29.5. The average Bonchev–Trinajstić information content (AvgIpc) is 2.80. The van der Waals surface area contributed by atoms with Crippen LogP contribution in [0.1, 0.15) is 5.56 Å². The normalized spacial score (nSPS) is 10.4. The first kappa shape index (κ1) is 19.6. The maximum atomic E-state index is 9.61. The number of thioether (sulfide) groups is 1. The van der Waals surface area contributed by atoms with Gasteiger partial charge in [0.25, 0.3) is 0 Å². The number of rotatable bonds is 5. The molecule has 4 nitrogen and oxygen atoms in total. The monoisotopic (exact) mass is 409 g/mol. The summed E-state index contributed by atoms with van der Waals surface area (Å²) in [6.07, 6.45) is 2.03. The van der Waals surface area contributed by atoms with Gasteiger partial charge in [0, 0.05) is 16.0 Å². The average molecular weight is 410 g/mol. The van der Waals surface area contributed by atoms with Crippen LogP contribution in [0.5, 0.6) is 11.5 Å². The van der Waals surface area contributed by atoms with Crippen molar-refractivity contribution in [2.45, 2.75) is 4.90 Å². The maximum absolute atomic E-state index is 9.61. The van der Waals surface area contributed by atoms with Crippen molar-refractivity contribution >= 4 is 17.6 Å². The lowest BCUT2D eigenvalue weighted by molar-refractivity contribution is 0.483. The number of benzene rings is 3. The molecule has 5 heteroatoms. The second-order valence-corrected chi connectivity index (χ2v) is 7.47. The van der Waals surface area contributed by atoms with E-state index in [2.05, 4.69) is 11.1 Å². The van der Waals surface area contributed by atoms with Crippen LogP contribution in [0.15, 0.2) is 89.8 Å². The molecule has 4 rings (SSSR count). The molecule has 4 aromatic rings. The summed E-state index contributed by atoms with van der Waals surface area (Å²) in [4.78, 5) is 5.62. The molecule has 0 fully saturated rings. The molecule has 0 aliphatic heterocycles. The van der Waals surface area contributed by atoms with E-state index in [1.807, 2.05) is 91.2 Å². The van der Waals surface area contributed by atoms with Crippen molar-refractivity contribution in [3.63, 3.8) is 0 Å². The van der Waals surface area contributed by atoms with E-state index in [1.165, 1.54) is 0 Å². The fraction of sp³-hybridized carbons (Fsp3) is 0.0400. The highest BCUT2D eigenvalue weighted by Gasteiger charge is 2.13. The Kier molecular flexibility index (Phi) is 5.69.